The number of anilines is 1. The smallest absolute Gasteiger partial charge is 0.132 e. The number of piperidine rings is 1. The predicted molar refractivity (Wildman–Crippen MR) is 147 cm³/mol. The number of phenols is 1. The predicted octanol–water partition coefficient (Wildman–Crippen LogP) is 5.10. The van der Waals surface area contributed by atoms with Gasteiger partial charge >= 0.3 is 0 Å². The summed E-state index contributed by atoms with van der Waals surface area (Å²) in [6.07, 6.45) is 3.99. The molecule has 0 unspecified atom stereocenters. The normalized spacial score (nSPS) is 19.4. The monoisotopic (exact) mass is 530 g/mol. The lowest BCUT2D eigenvalue weighted by molar-refractivity contribution is -0.00896. The number of halogens is 2. The van der Waals surface area contributed by atoms with E-state index in [0.29, 0.717) is 35.4 Å². The van der Waals surface area contributed by atoms with E-state index in [-0.39, 0.29) is 17.9 Å². The molecular formula is C30H28F2N4O3. The highest BCUT2D eigenvalue weighted by molar-refractivity contribution is 6.02. The Morgan fingerprint density at radius 3 is 2.77 bits per heavy atom. The third kappa shape index (κ3) is 4.91. The van der Waals surface area contributed by atoms with Crippen LogP contribution in [0.2, 0.25) is 0 Å². The highest BCUT2D eigenvalue weighted by Crippen LogP contribution is 2.41. The van der Waals surface area contributed by atoms with Gasteiger partial charge in [-0.05, 0) is 47.9 Å². The Bertz CT molecular complexity index is 1540. The van der Waals surface area contributed by atoms with E-state index in [1.54, 1.807) is 12.3 Å². The first-order chi connectivity index (χ1) is 19.0. The van der Waals surface area contributed by atoms with Crippen LogP contribution < -0.4 is 10.2 Å². The standard InChI is InChI=1S/C30H28F2N4O3/c1-38-35-15-19-3-2-4-23(30(19)37)18-5-6-26-24(13-18)29(36-9-7-27-28(17-36)39-10-8-33-27)25(16-34-26)20-11-21(31)14-22(32)12-20/h2-6,11-16,27-28,33,37H,7-10,17H2,1H3/b35-15+/t27-,28-/m1/s1. The van der Waals surface area contributed by atoms with Crippen molar-refractivity contribution in [2.75, 3.05) is 38.3 Å². The van der Waals surface area contributed by atoms with Gasteiger partial charge in [-0.25, -0.2) is 8.78 Å². The number of benzene rings is 3. The van der Waals surface area contributed by atoms with E-state index in [2.05, 4.69) is 20.4 Å². The second kappa shape index (κ2) is 10.6. The van der Waals surface area contributed by atoms with Crippen molar-refractivity contribution in [2.24, 2.45) is 5.16 Å². The van der Waals surface area contributed by atoms with Crippen LogP contribution in [0.4, 0.5) is 14.5 Å². The third-order valence-corrected chi connectivity index (χ3v) is 7.40. The molecule has 0 aliphatic carbocycles. The van der Waals surface area contributed by atoms with Crippen molar-refractivity contribution < 1.29 is 23.5 Å². The fraction of sp³-hybridized carbons (Fsp3) is 0.267. The fourth-order valence-corrected chi connectivity index (χ4v) is 5.59. The zero-order chi connectivity index (χ0) is 26.9. The third-order valence-electron chi connectivity index (χ3n) is 7.40. The van der Waals surface area contributed by atoms with Gasteiger partial charge in [-0.2, -0.15) is 0 Å². The molecule has 2 N–H and O–H groups in total. The van der Waals surface area contributed by atoms with E-state index in [0.717, 1.165) is 47.7 Å². The van der Waals surface area contributed by atoms with Crippen LogP contribution in [0.15, 0.2) is 65.9 Å². The summed E-state index contributed by atoms with van der Waals surface area (Å²) < 4.78 is 34.7. The van der Waals surface area contributed by atoms with Gasteiger partial charge in [0.15, 0.2) is 0 Å². The number of para-hydroxylation sites is 1. The molecule has 3 heterocycles. The largest absolute Gasteiger partial charge is 0.507 e. The number of hydrogen-bond acceptors (Lipinski definition) is 7. The van der Waals surface area contributed by atoms with Crippen molar-refractivity contribution in [3.8, 4) is 28.0 Å². The first-order valence-corrected chi connectivity index (χ1v) is 12.9. The summed E-state index contributed by atoms with van der Waals surface area (Å²) in [7, 11) is 1.44. The first kappa shape index (κ1) is 25.2. The average molecular weight is 531 g/mol. The number of morpholine rings is 1. The summed E-state index contributed by atoms with van der Waals surface area (Å²) in [6, 6.07) is 15.0. The Hall–Kier alpha value is -4.08. The zero-order valence-electron chi connectivity index (χ0n) is 21.4. The van der Waals surface area contributed by atoms with Crippen LogP contribution in [-0.2, 0) is 9.57 Å². The Morgan fingerprint density at radius 2 is 1.95 bits per heavy atom. The van der Waals surface area contributed by atoms with Crippen LogP contribution >= 0.6 is 0 Å². The molecule has 7 nitrogen and oxygen atoms in total. The van der Waals surface area contributed by atoms with Crippen LogP contribution in [-0.4, -0.2) is 61.8 Å². The van der Waals surface area contributed by atoms with Crippen LogP contribution in [0, 0.1) is 11.6 Å². The van der Waals surface area contributed by atoms with Gasteiger partial charge in [-0.1, -0.05) is 23.4 Å². The summed E-state index contributed by atoms with van der Waals surface area (Å²) in [5, 5.41) is 19.1. The zero-order valence-corrected chi connectivity index (χ0v) is 21.4. The Labute approximate surface area is 224 Å². The molecule has 2 atom stereocenters. The van der Waals surface area contributed by atoms with Crippen molar-refractivity contribution in [3.63, 3.8) is 0 Å². The second-order valence-corrected chi connectivity index (χ2v) is 9.78. The van der Waals surface area contributed by atoms with Crippen LogP contribution in [0.1, 0.15) is 12.0 Å². The molecule has 0 spiro atoms. The van der Waals surface area contributed by atoms with E-state index in [4.69, 9.17) is 9.57 Å². The van der Waals surface area contributed by atoms with Crippen LogP contribution in [0.25, 0.3) is 33.2 Å². The minimum atomic E-state index is -0.650. The molecule has 39 heavy (non-hydrogen) atoms. The quantitative estimate of drug-likeness (QED) is 0.276. The number of ether oxygens (including phenoxy) is 1. The summed E-state index contributed by atoms with van der Waals surface area (Å²) >= 11 is 0. The topological polar surface area (TPSA) is 79.2 Å². The molecule has 4 aromatic rings. The molecule has 2 aliphatic heterocycles. The molecule has 0 saturated carbocycles. The molecule has 2 aliphatic rings. The molecular weight excluding hydrogens is 502 g/mol. The molecule has 0 amide bonds. The number of fused-ring (bicyclic) bond motifs is 2. The molecule has 2 saturated heterocycles. The molecule has 2 fully saturated rings. The molecule has 200 valence electrons. The maximum atomic E-state index is 14.3. The van der Waals surface area contributed by atoms with Crippen molar-refractivity contribution in [3.05, 3.63) is 78.0 Å². The number of nitrogens with zero attached hydrogens (tertiary/aromatic N) is 3. The molecule has 0 bridgehead atoms. The number of aromatic nitrogens is 1. The number of aromatic hydroxyl groups is 1. The molecule has 1 aromatic heterocycles. The number of hydrogen-bond donors (Lipinski definition) is 2. The van der Waals surface area contributed by atoms with E-state index in [1.165, 1.54) is 25.5 Å². The Balaban J connectivity index is 1.53. The highest BCUT2D eigenvalue weighted by Gasteiger charge is 2.33. The average Bonchev–Trinajstić information content (AvgIpc) is 2.95. The summed E-state index contributed by atoms with van der Waals surface area (Å²) in [5.41, 5.74) is 4.50. The van der Waals surface area contributed by atoms with Crippen molar-refractivity contribution >= 4 is 22.8 Å². The second-order valence-electron chi connectivity index (χ2n) is 9.78. The maximum absolute atomic E-state index is 14.3. The molecule has 9 heteroatoms. The summed E-state index contributed by atoms with van der Waals surface area (Å²) in [5.74, 6) is -1.23. The van der Waals surface area contributed by atoms with E-state index < -0.39 is 11.6 Å². The fourth-order valence-electron chi connectivity index (χ4n) is 5.59. The molecule has 0 radical (unpaired) electrons. The lowest BCUT2D eigenvalue weighted by Gasteiger charge is -2.43. The number of phenolic OH excluding ortho intramolecular Hbond substituents is 1. The lowest BCUT2D eigenvalue weighted by Crippen LogP contribution is -2.57. The Morgan fingerprint density at radius 1 is 1.10 bits per heavy atom. The molecule has 6 rings (SSSR count). The van der Waals surface area contributed by atoms with Crippen LogP contribution in [0.3, 0.4) is 0 Å². The minimum Gasteiger partial charge on any atom is -0.507 e. The summed E-state index contributed by atoms with van der Waals surface area (Å²) in [4.78, 5) is 11.7. The SMILES string of the molecule is CO/N=C/c1cccc(-c2ccc3ncc(-c4cc(F)cc(F)c4)c(N4CC[C@H]5NCCO[C@@H]5C4)c3c2)c1O. The highest BCUT2D eigenvalue weighted by atomic mass is 19.1. The lowest BCUT2D eigenvalue weighted by atomic mass is 9.94. The van der Waals surface area contributed by atoms with Crippen LogP contribution in [0.5, 0.6) is 5.75 Å². The Kier molecular flexibility index (Phi) is 6.85. The maximum Gasteiger partial charge on any atom is 0.132 e. The summed E-state index contributed by atoms with van der Waals surface area (Å²) in [6.45, 7) is 2.83. The number of rotatable bonds is 5. The van der Waals surface area contributed by atoms with Gasteiger partial charge < -0.3 is 24.9 Å². The van der Waals surface area contributed by atoms with Crippen molar-refractivity contribution in [1.29, 1.82) is 0 Å². The van der Waals surface area contributed by atoms with Gasteiger partial charge in [-0.15, -0.1) is 0 Å². The van der Waals surface area contributed by atoms with E-state index in [9.17, 15) is 13.9 Å². The first-order valence-electron chi connectivity index (χ1n) is 12.9. The van der Waals surface area contributed by atoms with Gasteiger partial charge in [0, 0.05) is 60.0 Å². The van der Waals surface area contributed by atoms with Gasteiger partial charge in [0.1, 0.15) is 24.5 Å². The van der Waals surface area contributed by atoms with Crippen molar-refractivity contribution in [2.45, 2.75) is 18.6 Å². The minimum absolute atomic E-state index is 0.00297. The number of oxime groups is 1. The van der Waals surface area contributed by atoms with Gasteiger partial charge in [0.2, 0.25) is 0 Å². The van der Waals surface area contributed by atoms with E-state index >= 15 is 0 Å². The van der Waals surface area contributed by atoms with E-state index in [1.807, 2.05) is 30.3 Å². The van der Waals surface area contributed by atoms with Gasteiger partial charge in [0.05, 0.1) is 30.1 Å². The van der Waals surface area contributed by atoms with Gasteiger partial charge in [-0.3, -0.25) is 4.98 Å². The number of pyridine rings is 1. The number of nitrogens with one attached hydrogen (secondary N) is 1. The molecule has 3 aromatic carbocycles. The van der Waals surface area contributed by atoms with Gasteiger partial charge in [0.25, 0.3) is 0 Å². The van der Waals surface area contributed by atoms with Crippen molar-refractivity contribution in [1.82, 2.24) is 10.3 Å².